The van der Waals surface area contributed by atoms with Crippen molar-refractivity contribution in [3.63, 3.8) is 0 Å². The Morgan fingerprint density at radius 2 is 2.50 bits per heavy atom. The number of hydrogen-bond acceptors (Lipinski definition) is 3. The number of nitrogens with zero attached hydrogens (tertiary/aromatic N) is 1. The minimum atomic E-state index is -0.290. The predicted molar refractivity (Wildman–Crippen MR) is 47.6 cm³/mol. The van der Waals surface area contributed by atoms with Crippen molar-refractivity contribution in [1.82, 2.24) is 10.3 Å². The minimum absolute atomic E-state index is 0.290. The van der Waals surface area contributed by atoms with Crippen LogP contribution in [0.5, 0.6) is 0 Å². The van der Waals surface area contributed by atoms with Gasteiger partial charge in [-0.15, -0.1) is 0 Å². The third kappa shape index (κ3) is 3.46. The zero-order valence-corrected chi connectivity index (χ0v) is 7.20. The molecular formula is C9H14N2O. The van der Waals surface area contributed by atoms with E-state index >= 15 is 0 Å². The maximum Gasteiger partial charge on any atom is 0.0636 e. The molecule has 0 spiro atoms. The van der Waals surface area contributed by atoms with Gasteiger partial charge < -0.3 is 10.4 Å². The van der Waals surface area contributed by atoms with Gasteiger partial charge in [-0.1, -0.05) is 6.07 Å². The van der Waals surface area contributed by atoms with Crippen LogP contribution >= 0.6 is 0 Å². The van der Waals surface area contributed by atoms with Crippen molar-refractivity contribution in [2.45, 2.75) is 19.6 Å². The Hall–Kier alpha value is -0.930. The number of aromatic nitrogens is 1. The lowest BCUT2D eigenvalue weighted by molar-refractivity contribution is 0.191. The van der Waals surface area contributed by atoms with E-state index in [1.807, 2.05) is 18.3 Å². The molecular weight excluding hydrogens is 152 g/mol. The van der Waals surface area contributed by atoms with Crippen LogP contribution < -0.4 is 5.32 Å². The van der Waals surface area contributed by atoms with Gasteiger partial charge in [0.05, 0.1) is 6.10 Å². The van der Waals surface area contributed by atoms with Crippen LogP contribution in [-0.2, 0) is 6.54 Å². The lowest BCUT2D eigenvalue weighted by atomic mass is 10.3. The fraction of sp³-hybridized carbons (Fsp3) is 0.444. The molecule has 66 valence electrons. The summed E-state index contributed by atoms with van der Waals surface area (Å²) < 4.78 is 0. The van der Waals surface area contributed by atoms with Gasteiger partial charge in [0.25, 0.3) is 0 Å². The summed E-state index contributed by atoms with van der Waals surface area (Å²) in [6.45, 7) is 3.14. The topological polar surface area (TPSA) is 45.1 Å². The molecule has 0 amide bonds. The molecule has 1 aromatic heterocycles. The van der Waals surface area contributed by atoms with Crippen molar-refractivity contribution in [1.29, 1.82) is 0 Å². The highest BCUT2D eigenvalue weighted by Gasteiger charge is 1.94. The zero-order valence-electron chi connectivity index (χ0n) is 7.20. The van der Waals surface area contributed by atoms with E-state index in [9.17, 15) is 0 Å². The van der Waals surface area contributed by atoms with Gasteiger partial charge in [-0.25, -0.2) is 0 Å². The van der Waals surface area contributed by atoms with Crippen molar-refractivity contribution >= 4 is 0 Å². The SMILES string of the molecule is C[C@H](O)CNCc1cccnc1. The highest BCUT2D eigenvalue weighted by atomic mass is 16.3. The summed E-state index contributed by atoms with van der Waals surface area (Å²) in [5.41, 5.74) is 1.14. The quantitative estimate of drug-likeness (QED) is 0.686. The summed E-state index contributed by atoms with van der Waals surface area (Å²) in [5, 5.41) is 12.1. The van der Waals surface area contributed by atoms with Crippen molar-refractivity contribution < 1.29 is 5.11 Å². The molecule has 1 heterocycles. The van der Waals surface area contributed by atoms with Gasteiger partial charge in [-0.3, -0.25) is 4.98 Å². The monoisotopic (exact) mass is 166 g/mol. The molecule has 12 heavy (non-hydrogen) atoms. The molecule has 3 nitrogen and oxygen atoms in total. The van der Waals surface area contributed by atoms with Crippen LogP contribution in [0.1, 0.15) is 12.5 Å². The molecule has 0 aliphatic heterocycles. The van der Waals surface area contributed by atoms with Crippen LogP contribution in [0.25, 0.3) is 0 Å². The Balaban J connectivity index is 2.25. The number of nitrogens with one attached hydrogen (secondary N) is 1. The minimum Gasteiger partial charge on any atom is -0.392 e. The standard InChI is InChI=1S/C9H14N2O/c1-8(12)5-11-7-9-3-2-4-10-6-9/h2-4,6,8,11-12H,5,7H2,1H3/t8-/m0/s1. The molecule has 1 aromatic rings. The molecule has 0 saturated heterocycles. The summed E-state index contributed by atoms with van der Waals surface area (Å²) in [6.07, 6.45) is 3.27. The Labute approximate surface area is 72.5 Å². The average Bonchev–Trinajstić information content (AvgIpc) is 2.05. The number of pyridine rings is 1. The van der Waals surface area contributed by atoms with Gasteiger partial charge >= 0.3 is 0 Å². The van der Waals surface area contributed by atoms with Gasteiger partial charge in [0.1, 0.15) is 0 Å². The van der Waals surface area contributed by atoms with E-state index < -0.39 is 0 Å². The Bertz CT molecular complexity index is 211. The molecule has 1 atom stereocenters. The highest BCUT2D eigenvalue weighted by molar-refractivity contribution is 5.07. The Kier molecular flexibility index (Phi) is 3.70. The first-order valence-electron chi connectivity index (χ1n) is 4.06. The first-order chi connectivity index (χ1) is 5.79. The lowest BCUT2D eigenvalue weighted by Crippen LogP contribution is -2.23. The van der Waals surface area contributed by atoms with Crippen molar-refractivity contribution in [2.75, 3.05) is 6.54 Å². The van der Waals surface area contributed by atoms with E-state index in [1.54, 1.807) is 13.1 Å². The van der Waals surface area contributed by atoms with E-state index in [0.717, 1.165) is 12.1 Å². The van der Waals surface area contributed by atoms with Crippen LogP contribution in [-0.4, -0.2) is 22.7 Å². The molecule has 0 unspecified atom stereocenters. The largest absolute Gasteiger partial charge is 0.392 e. The summed E-state index contributed by atoms with van der Waals surface area (Å²) in [4.78, 5) is 3.98. The average molecular weight is 166 g/mol. The van der Waals surface area contributed by atoms with E-state index in [4.69, 9.17) is 5.11 Å². The maximum absolute atomic E-state index is 8.95. The predicted octanol–water partition coefficient (Wildman–Crippen LogP) is 0.552. The Morgan fingerprint density at radius 1 is 1.67 bits per heavy atom. The number of hydrogen-bond donors (Lipinski definition) is 2. The van der Waals surface area contributed by atoms with Crippen molar-refractivity contribution in [3.8, 4) is 0 Å². The third-order valence-electron chi connectivity index (χ3n) is 1.49. The first-order valence-corrected chi connectivity index (χ1v) is 4.06. The normalized spacial score (nSPS) is 12.8. The van der Waals surface area contributed by atoms with E-state index in [1.165, 1.54) is 0 Å². The Morgan fingerprint density at radius 3 is 3.08 bits per heavy atom. The van der Waals surface area contributed by atoms with Crippen molar-refractivity contribution in [2.24, 2.45) is 0 Å². The second-order valence-corrected chi connectivity index (χ2v) is 2.84. The van der Waals surface area contributed by atoms with Crippen LogP contribution in [0.3, 0.4) is 0 Å². The van der Waals surface area contributed by atoms with Gasteiger partial charge in [-0.05, 0) is 18.6 Å². The molecule has 0 radical (unpaired) electrons. The van der Waals surface area contributed by atoms with E-state index in [2.05, 4.69) is 10.3 Å². The van der Waals surface area contributed by atoms with Gasteiger partial charge in [0.15, 0.2) is 0 Å². The molecule has 0 aliphatic carbocycles. The number of aliphatic hydroxyl groups excluding tert-OH is 1. The second-order valence-electron chi connectivity index (χ2n) is 2.84. The smallest absolute Gasteiger partial charge is 0.0636 e. The van der Waals surface area contributed by atoms with Gasteiger partial charge in [-0.2, -0.15) is 0 Å². The molecule has 0 bridgehead atoms. The molecule has 0 aromatic carbocycles. The fourth-order valence-electron chi connectivity index (χ4n) is 0.928. The molecule has 1 rings (SSSR count). The maximum atomic E-state index is 8.95. The number of rotatable bonds is 4. The lowest BCUT2D eigenvalue weighted by Gasteiger charge is -2.05. The molecule has 2 N–H and O–H groups in total. The summed E-state index contributed by atoms with van der Waals surface area (Å²) in [6, 6.07) is 3.90. The van der Waals surface area contributed by atoms with Gasteiger partial charge in [0.2, 0.25) is 0 Å². The van der Waals surface area contributed by atoms with Crippen molar-refractivity contribution in [3.05, 3.63) is 30.1 Å². The zero-order chi connectivity index (χ0) is 8.81. The molecule has 3 heteroatoms. The molecule has 0 fully saturated rings. The second kappa shape index (κ2) is 4.85. The van der Waals surface area contributed by atoms with E-state index in [0.29, 0.717) is 6.54 Å². The fourth-order valence-corrected chi connectivity index (χ4v) is 0.928. The molecule has 0 aliphatic rings. The molecule has 0 saturated carbocycles. The van der Waals surface area contributed by atoms with Gasteiger partial charge in [0, 0.05) is 25.5 Å². The first kappa shape index (κ1) is 9.16. The summed E-state index contributed by atoms with van der Waals surface area (Å²) in [5.74, 6) is 0. The summed E-state index contributed by atoms with van der Waals surface area (Å²) in [7, 11) is 0. The third-order valence-corrected chi connectivity index (χ3v) is 1.49. The van der Waals surface area contributed by atoms with E-state index in [-0.39, 0.29) is 6.10 Å². The van der Waals surface area contributed by atoms with Crippen LogP contribution in [0.4, 0.5) is 0 Å². The van der Waals surface area contributed by atoms with Crippen LogP contribution in [0.2, 0.25) is 0 Å². The summed E-state index contributed by atoms with van der Waals surface area (Å²) >= 11 is 0. The van der Waals surface area contributed by atoms with Crippen LogP contribution in [0, 0.1) is 0 Å². The van der Waals surface area contributed by atoms with Crippen LogP contribution in [0.15, 0.2) is 24.5 Å². The highest BCUT2D eigenvalue weighted by Crippen LogP contribution is 1.93. The number of aliphatic hydroxyl groups is 1.